The number of rotatable bonds is 2. The Morgan fingerprint density at radius 1 is 1.53 bits per heavy atom. The smallest absolute Gasteiger partial charge is 0.0516 e. The average Bonchev–Trinajstić information content (AvgIpc) is 2.28. The molecule has 2 heteroatoms. The third-order valence-electron chi connectivity index (χ3n) is 2.75. The van der Waals surface area contributed by atoms with Gasteiger partial charge in [0.2, 0.25) is 0 Å². The van der Waals surface area contributed by atoms with Gasteiger partial charge in [0.15, 0.2) is 0 Å². The largest absolute Gasteiger partial charge is 0.370 e. The average molecular weight is 200 g/mol. The predicted octanol–water partition coefficient (Wildman–Crippen LogP) is 2.12. The zero-order chi connectivity index (χ0) is 10.8. The van der Waals surface area contributed by atoms with Gasteiger partial charge in [0, 0.05) is 25.7 Å². The molecule has 0 bridgehead atoms. The Labute approximate surface area is 90.7 Å². The number of para-hydroxylation sites is 1. The number of nitrogens with two attached hydrogens (primary N) is 1. The maximum absolute atomic E-state index is 5.65. The Morgan fingerprint density at radius 3 is 3.07 bits per heavy atom. The Kier molecular flexibility index (Phi) is 2.60. The van der Waals surface area contributed by atoms with E-state index in [9.17, 15) is 0 Å². The molecule has 2 nitrogen and oxygen atoms in total. The maximum Gasteiger partial charge on any atom is 0.0516 e. The van der Waals surface area contributed by atoms with Crippen LogP contribution in [0.25, 0.3) is 11.6 Å². The van der Waals surface area contributed by atoms with Gasteiger partial charge in [-0.15, -0.1) is 0 Å². The van der Waals surface area contributed by atoms with Gasteiger partial charge in [-0.05, 0) is 11.1 Å². The molecule has 2 rings (SSSR count). The minimum absolute atomic E-state index is 0.508. The van der Waals surface area contributed by atoms with Crippen LogP contribution in [0.2, 0.25) is 0 Å². The fraction of sp³-hybridized carbons (Fsp3) is 0.231. The maximum atomic E-state index is 5.65. The van der Waals surface area contributed by atoms with Crippen LogP contribution in [-0.4, -0.2) is 20.1 Å². The van der Waals surface area contributed by atoms with Crippen LogP contribution in [0.1, 0.15) is 11.1 Å². The predicted molar refractivity (Wildman–Crippen MR) is 66.8 cm³/mol. The van der Waals surface area contributed by atoms with Crippen LogP contribution in [0.5, 0.6) is 0 Å². The van der Waals surface area contributed by atoms with Crippen molar-refractivity contribution in [2.45, 2.75) is 0 Å². The highest BCUT2D eigenvalue weighted by Gasteiger charge is 2.14. The van der Waals surface area contributed by atoms with E-state index in [2.05, 4.69) is 48.9 Å². The van der Waals surface area contributed by atoms with E-state index in [4.69, 9.17) is 5.73 Å². The van der Waals surface area contributed by atoms with Crippen molar-refractivity contribution >= 4 is 17.3 Å². The van der Waals surface area contributed by atoms with Crippen molar-refractivity contribution in [1.29, 1.82) is 0 Å². The molecule has 78 valence electrons. The molecule has 0 unspecified atom stereocenters. The summed E-state index contributed by atoms with van der Waals surface area (Å²) in [6.07, 6.45) is 4.32. The van der Waals surface area contributed by atoms with Gasteiger partial charge in [-0.1, -0.05) is 36.9 Å². The van der Waals surface area contributed by atoms with Crippen molar-refractivity contribution in [3.63, 3.8) is 0 Å². The van der Waals surface area contributed by atoms with Crippen LogP contribution >= 0.6 is 0 Å². The van der Waals surface area contributed by atoms with E-state index in [1.807, 2.05) is 0 Å². The molecule has 0 saturated heterocycles. The molecule has 1 aliphatic heterocycles. The van der Waals surface area contributed by atoms with Crippen LogP contribution in [0.3, 0.4) is 0 Å². The van der Waals surface area contributed by atoms with E-state index < -0.39 is 0 Å². The molecule has 0 fully saturated rings. The second kappa shape index (κ2) is 3.91. The third kappa shape index (κ3) is 1.68. The monoisotopic (exact) mass is 200 g/mol. The van der Waals surface area contributed by atoms with Gasteiger partial charge in [0.25, 0.3) is 0 Å². The minimum atomic E-state index is 0.508. The van der Waals surface area contributed by atoms with Crippen molar-refractivity contribution in [2.24, 2.45) is 5.73 Å². The first kappa shape index (κ1) is 9.99. The summed E-state index contributed by atoms with van der Waals surface area (Å²) in [4.78, 5) is 2.23. The summed E-state index contributed by atoms with van der Waals surface area (Å²) >= 11 is 0. The fourth-order valence-electron chi connectivity index (χ4n) is 1.95. The highest BCUT2D eigenvalue weighted by Crippen LogP contribution is 2.32. The summed E-state index contributed by atoms with van der Waals surface area (Å²) < 4.78 is 0. The molecular formula is C13H16N2. The van der Waals surface area contributed by atoms with E-state index in [1.54, 1.807) is 0 Å². The molecular weight excluding hydrogens is 184 g/mol. The lowest BCUT2D eigenvalue weighted by atomic mass is 9.98. The topological polar surface area (TPSA) is 29.3 Å². The summed E-state index contributed by atoms with van der Waals surface area (Å²) in [6.45, 7) is 5.46. The van der Waals surface area contributed by atoms with Crippen LogP contribution in [0, 0.1) is 0 Å². The van der Waals surface area contributed by atoms with Crippen molar-refractivity contribution in [3.8, 4) is 0 Å². The number of benzene rings is 1. The standard InChI is InChI=1S/C13H16N2/c1-10(9-14)12-7-3-5-11-6-4-8-15(2)13(11)12/h3-7H,1,8-9,14H2,2H3. The van der Waals surface area contributed by atoms with E-state index in [0.29, 0.717) is 6.54 Å². The van der Waals surface area contributed by atoms with Crippen molar-refractivity contribution in [2.75, 3.05) is 25.0 Å². The van der Waals surface area contributed by atoms with E-state index in [-0.39, 0.29) is 0 Å². The molecule has 1 aliphatic rings. The van der Waals surface area contributed by atoms with E-state index in [1.165, 1.54) is 16.8 Å². The molecule has 1 aromatic carbocycles. The molecule has 0 radical (unpaired) electrons. The van der Waals surface area contributed by atoms with Crippen molar-refractivity contribution in [1.82, 2.24) is 0 Å². The van der Waals surface area contributed by atoms with Gasteiger partial charge < -0.3 is 10.6 Å². The fourth-order valence-corrected chi connectivity index (χ4v) is 1.95. The van der Waals surface area contributed by atoms with E-state index >= 15 is 0 Å². The first-order valence-electron chi connectivity index (χ1n) is 5.13. The van der Waals surface area contributed by atoms with Crippen LogP contribution in [-0.2, 0) is 0 Å². The molecule has 0 aliphatic carbocycles. The number of hydrogen-bond donors (Lipinski definition) is 1. The third-order valence-corrected chi connectivity index (χ3v) is 2.75. The molecule has 0 spiro atoms. The number of nitrogens with zero attached hydrogens (tertiary/aromatic N) is 1. The Bertz CT molecular complexity index is 419. The van der Waals surface area contributed by atoms with Crippen molar-refractivity contribution in [3.05, 3.63) is 42.0 Å². The van der Waals surface area contributed by atoms with Gasteiger partial charge in [0.05, 0.1) is 5.69 Å². The molecule has 15 heavy (non-hydrogen) atoms. The second-order valence-electron chi connectivity index (χ2n) is 3.83. The highest BCUT2D eigenvalue weighted by atomic mass is 15.1. The van der Waals surface area contributed by atoms with Gasteiger partial charge >= 0.3 is 0 Å². The van der Waals surface area contributed by atoms with Crippen LogP contribution in [0.4, 0.5) is 5.69 Å². The molecule has 2 N–H and O–H groups in total. The molecule has 0 saturated carbocycles. The normalized spacial score (nSPS) is 13.9. The first-order valence-corrected chi connectivity index (χ1v) is 5.13. The summed E-state index contributed by atoms with van der Waals surface area (Å²) in [5.41, 5.74) is 10.3. The first-order chi connectivity index (χ1) is 7.24. The minimum Gasteiger partial charge on any atom is -0.370 e. The molecule has 0 aromatic heterocycles. The van der Waals surface area contributed by atoms with Gasteiger partial charge in [-0.3, -0.25) is 0 Å². The lowest BCUT2D eigenvalue weighted by Crippen LogP contribution is -2.22. The number of anilines is 1. The molecule has 1 aromatic rings. The molecule has 0 amide bonds. The zero-order valence-corrected chi connectivity index (χ0v) is 9.03. The van der Waals surface area contributed by atoms with Crippen LogP contribution < -0.4 is 10.6 Å². The quantitative estimate of drug-likeness (QED) is 0.792. The SMILES string of the molecule is C=C(CN)c1cccc2c1N(C)CC=C2. The van der Waals surface area contributed by atoms with Gasteiger partial charge in [-0.2, -0.15) is 0 Å². The Hall–Kier alpha value is -1.54. The van der Waals surface area contributed by atoms with Gasteiger partial charge in [0.1, 0.15) is 0 Å². The summed E-state index contributed by atoms with van der Waals surface area (Å²) in [7, 11) is 2.09. The Morgan fingerprint density at radius 2 is 2.33 bits per heavy atom. The van der Waals surface area contributed by atoms with Crippen LogP contribution in [0.15, 0.2) is 30.9 Å². The van der Waals surface area contributed by atoms with Crippen molar-refractivity contribution < 1.29 is 0 Å². The second-order valence-corrected chi connectivity index (χ2v) is 3.83. The summed E-state index contributed by atoms with van der Waals surface area (Å²) in [5.74, 6) is 0. The Balaban J connectivity index is 2.57. The van der Waals surface area contributed by atoms with Gasteiger partial charge in [-0.25, -0.2) is 0 Å². The summed E-state index contributed by atoms with van der Waals surface area (Å²) in [6, 6.07) is 6.26. The van der Waals surface area contributed by atoms with E-state index in [0.717, 1.165) is 12.1 Å². The lowest BCUT2D eigenvalue weighted by molar-refractivity contribution is 1.01. The number of fused-ring (bicyclic) bond motifs is 1. The molecule has 0 atom stereocenters. The number of likely N-dealkylation sites (N-methyl/N-ethyl adjacent to an activating group) is 1. The highest BCUT2D eigenvalue weighted by molar-refractivity contribution is 5.84. The summed E-state index contributed by atoms with van der Waals surface area (Å²) in [5, 5.41) is 0. The molecule has 1 heterocycles. The number of hydrogen-bond acceptors (Lipinski definition) is 2. The zero-order valence-electron chi connectivity index (χ0n) is 9.03. The lowest BCUT2D eigenvalue weighted by Gasteiger charge is -2.27.